The van der Waals surface area contributed by atoms with Gasteiger partial charge in [0.05, 0.1) is 18.5 Å². The van der Waals surface area contributed by atoms with Gasteiger partial charge in [-0.15, -0.1) is 0 Å². The van der Waals surface area contributed by atoms with Crippen LogP contribution in [0, 0.1) is 0 Å². The SMILES string of the molecule is CCOc1ccc(NC(=O)NC2(C(=O)O)CC2)cn1. The number of carbonyl (C=O) groups excluding carboxylic acids is 1. The largest absolute Gasteiger partial charge is 0.480 e. The molecule has 7 heteroatoms. The van der Waals surface area contributed by atoms with Crippen molar-refractivity contribution in [3.8, 4) is 5.88 Å². The van der Waals surface area contributed by atoms with Gasteiger partial charge in [0.25, 0.3) is 0 Å². The number of aliphatic carboxylic acids is 1. The van der Waals surface area contributed by atoms with E-state index in [9.17, 15) is 9.59 Å². The summed E-state index contributed by atoms with van der Waals surface area (Å²) in [6, 6.07) is 2.71. The smallest absolute Gasteiger partial charge is 0.329 e. The second kappa shape index (κ2) is 5.13. The highest BCUT2D eigenvalue weighted by molar-refractivity contribution is 5.95. The molecular weight excluding hydrogens is 250 g/mol. The normalized spacial score (nSPS) is 15.4. The lowest BCUT2D eigenvalue weighted by Crippen LogP contribution is -2.45. The van der Waals surface area contributed by atoms with Gasteiger partial charge < -0.3 is 20.5 Å². The zero-order valence-corrected chi connectivity index (χ0v) is 10.5. The molecule has 1 saturated carbocycles. The van der Waals surface area contributed by atoms with Crippen molar-refractivity contribution >= 4 is 17.7 Å². The number of carboxylic acid groups (broad SMARTS) is 1. The van der Waals surface area contributed by atoms with Gasteiger partial charge in [0.2, 0.25) is 5.88 Å². The monoisotopic (exact) mass is 265 g/mol. The van der Waals surface area contributed by atoms with E-state index in [1.807, 2.05) is 6.92 Å². The molecule has 19 heavy (non-hydrogen) atoms. The molecule has 3 N–H and O–H groups in total. The molecular formula is C12H15N3O4. The number of hydrogen-bond donors (Lipinski definition) is 3. The minimum absolute atomic E-state index is 0.456. The summed E-state index contributed by atoms with van der Waals surface area (Å²) in [5, 5.41) is 13.9. The third-order valence-electron chi connectivity index (χ3n) is 2.80. The lowest BCUT2D eigenvalue weighted by molar-refractivity contribution is -0.140. The number of nitrogens with one attached hydrogen (secondary N) is 2. The fourth-order valence-corrected chi connectivity index (χ4v) is 1.58. The molecule has 0 radical (unpaired) electrons. The number of anilines is 1. The Morgan fingerprint density at radius 2 is 2.21 bits per heavy atom. The van der Waals surface area contributed by atoms with Crippen molar-refractivity contribution in [2.24, 2.45) is 0 Å². The number of rotatable bonds is 5. The Hall–Kier alpha value is -2.31. The summed E-state index contributed by atoms with van der Waals surface area (Å²) >= 11 is 0. The molecule has 1 aliphatic rings. The molecule has 0 aromatic carbocycles. The van der Waals surface area contributed by atoms with Gasteiger partial charge in [-0.2, -0.15) is 0 Å². The Morgan fingerprint density at radius 1 is 1.47 bits per heavy atom. The van der Waals surface area contributed by atoms with Crippen molar-refractivity contribution in [1.82, 2.24) is 10.3 Å². The first-order valence-corrected chi connectivity index (χ1v) is 5.97. The molecule has 0 saturated heterocycles. The maximum Gasteiger partial charge on any atom is 0.329 e. The number of carbonyl (C=O) groups is 2. The van der Waals surface area contributed by atoms with Crippen LogP contribution >= 0.6 is 0 Å². The molecule has 0 atom stereocenters. The van der Waals surface area contributed by atoms with Crippen LogP contribution < -0.4 is 15.4 Å². The number of pyridine rings is 1. The van der Waals surface area contributed by atoms with Crippen LogP contribution in [0.5, 0.6) is 5.88 Å². The molecule has 7 nitrogen and oxygen atoms in total. The van der Waals surface area contributed by atoms with E-state index in [1.54, 1.807) is 12.1 Å². The molecule has 0 unspecified atom stereocenters. The fraction of sp³-hybridized carbons (Fsp3) is 0.417. The molecule has 0 spiro atoms. The maximum absolute atomic E-state index is 11.6. The van der Waals surface area contributed by atoms with Crippen LogP contribution in [0.25, 0.3) is 0 Å². The van der Waals surface area contributed by atoms with Crippen LogP contribution in [0.3, 0.4) is 0 Å². The molecule has 1 aliphatic carbocycles. The number of amides is 2. The molecule has 1 heterocycles. The lowest BCUT2D eigenvalue weighted by atomic mass is 10.3. The van der Waals surface area contributed by atoms with E-state index in [4.69, 9.17) is 9.84 Å². The van der Waals surface area contributed by atoms with Crippen molar-refractivity contribution in [2.75, 3.05) is 11.9 Å². The summed E-state index contributed by atoms with van der Waals surface area (Å²) in [6.07, 6.45) is 2.36. The van der Waals surface area contributed by atoms with Crippen molar-refractivity contribution in [1.29, 1.82) is 0 Å². The molecule has 0 aliphatic heterocycles. The summed E-state index contributed by atoms with van der Waals surface area (Å²) in [5.74, 6) is -0.537. The van der Waals surface area contributed by atoms with E-state index in [0.717, 1.165) is 0 Å². The third-order valence-corrected chi connectivity index (χ3v) is 2.80. The molecule has 2 rings (SSSR count). The second-order valence-electron chi connectivity index (χ2n) is 4.28. The first-order valence-electron chi connectivity index (χ1n) is 5.97. The quantitative estimate of drug-likeness (QED) is 0.743. The van der Waals surface area contributed by atoms with E-state index in [-0.39, 0.29) is 0 Å². The van der Waals surface area contributed by atoms with Crippen molar-refractivity contribution in [3.05, 3.63) is 18.3 Å². The van der Waals surface area contributed by atoms with Gasteiger partial charge in [-0.1, -0.05) is 0 Å². The number of carboxylic acids is 1. The van der Waals surface area contributed by atoms with Crippen LogP contribution in [-0.4, -0.2) is 34.2 Å². The van der Waals surface area contributed by atoms with Crippen molar-refractivity contribution in [2.45, 2.75) is 25.3 Å². The summed E-state index contributed by atoms with van der Waals surface area (Å²) in [4.78, 5) is 26.5. The molecule has 1 aromatic heterocycles. The minimum atomic E-state index is -1.09. The van der Waals surface area contributed by atoms with Gasteiger partial charge >= 0.3 is 12.0 Å². The van der Waals surface area contributed by atoms with E-state index in [2.05, 4.69) is 15.6 Å². The molecule has 102 valence electrons. The Balaban J connectivity index is 1.90. The maximum atomic E-state index is 11.6. The van der Waals surface area contributed by atoms with Crippen molar-refractivity contribution < 1.29 is 19.4 Å². The van der Waals surface area contributed by atoms with Gasteiger partial charge in [-0.3, -0.25) is 0 Å². The summed E-state index contributed by atoms with van der Waals surface area (Å²) < 4.78 is 5.17. The average Bonchev–Trinajstić information content (AvgIpc) is 3.13. The predicted molar refractivity (Wildman–Crippen MR) is 67.2 cm³/mol. The minimum Gasteiger partial charge on any atom is -0.480 e. The highest BCUT2D eigenvalue weighted by Crippen LogP contribution is 2.35. The number of urea groups is 1. The van der Waals surface area contributed by atoms with E-state index in [1.165, 1.54) is 6.20 Å². The van der Waals surface area contributed by atoms with E-state index in [0.29, 0.717) is 31.0 Å². The average molecular weight is 265 g/mol. The third kappa shape index (κ3) is 3.12. The van der Waals surface area contributed by atoms with Crippen LogP contribution in [0.2, 0.25) is 0 Å². The number of aromatic nitrogens is 1. The highest BCUT2D eigenvalue weighted by atomic mass is 16.5. The summed E-state index contributed by atoms with van der Waals surface area (Å²) in [5.41, 5.74) is -0.620. The number of ether oxygens (including phenoxy) is 1. The van der Waals surface area contributed by atoms with Crippen LogP contribution in [0.1, 0.15) is 19.8 Å². The Morgan fingerprint density at radius 3 is 2.68 bits per heavy atom. The number of hydrogen-bond acceptors (Lipinski definition) is 4. The fourth-order valence-electron chi connectivity index (χ4n) is 1.58. The van der Waals surface area contributed by atoms with Gasteiger partial charge in [0, 0.05) is 6.07 Å². The van der Waals surface area contributed by atoms with Gasteiger partial charge in [0.1, 0.15) is 5.54 Å². The van der Waals surface area contributed by atoms with Gasteiger partial charge in [-0.25, -0.2) is 14.6 Å². The Labute approximate surface area is 110 Å². The van der Waals surface area contributed by atoms with Crippen LogP contribution in [-0.2, 0) is 4.79 Å². The van der Waals surface area contributed by atoms with Crippen LogP contribution in [0.15, 0.2) is 18.3 Å². The second-order valence-corrected chi connectivity index (χ2v) is 4.28. The topological polar surface area (TPSA) is 101 Å². The molecule has 1 fully saturated rings. The zero-order chi connectivity index (χ0) is 13.9. The van der Waals surface area contributed by atoms with Gasteiger partial charge in [0.15, 0.2) is 0 Å². The molecule has 1 aromatic rings. The standard InChI is InChI=1S/C12H15N3O4/c1-2-19-9-4-3-8(7-13-9)14-11(18)15-12(5-6-12)10(16)17/h3-4,7H,2,5-6H2,1H3,(H,16,17)(H2,14,15,18). The predicted octanol–water partition coefficient (Wildman–Crippen LogP) is 1.22. The van der Waals surface area contributed by atoms with Crippen LogP contribution in [0.4, 0.5) is 10.5 Å². The summed E-state index contributed by atoms with van der Waals surface area (Å²) in [7, 11) is 0. The van der Waals surface area contributed by atoms with Gasteiger partial charge in [-0.05, 0) is 25.8 Å². The Bertz CT molecular complexity index is 482. The highest BCUT2D eigenvalue weighted by Gasteiger charge is 2.51. The van der Waals surface area contributed by atoms with E-state index >= 15 is 0 Å². The molecule has 0 bridgehead atoms. The summed E-state index contributed by atoms with van der Waals surface area (Å²) in [6.45, 7) is 2.36. The van der Waals surface area contributed by atoms with E-state index < -0.39 is 17.5 Å². The zero-order valence-electron chi connectivity index (χ0n) is 10.5. The number of nitrogens with zero attached hydrogens (tertiary/aromatic N) is 1. The first-order chi connectivity index (χ1) is 9.05. The Kier molecular flexibility index (Phi) is 3.55. The lowest BCUT2D eigenvalue weighted by Gasteiger charge is -2.13. The van der Waals surface area contributed by atoms with Crippen molar-refractivity contribution in [3.63, 3.8) is 0 Å². The molecule has 2 amide bonds. The first kappa shape index (κ1) is 13.1.